The Morgan fingerprint density at radius 1 is 1.40 bits per heavy atom. The van der Waals surface area contributed by atoms with Gasteiger partial charge in [0, 0.05) is 24.2 Å². The molecule has 0 aromatic heterocycles. The second kappa shape index (κ2) is 3.65. The molecule has 1 fully saturated rings. The van der Waals surface area contributed by atoms with Crippen molar-refractivity contribution in [2.45, 2.75) is 40.2 Å². The predicted molar refractivity (Wildman–Crippen MR) is 68.8 cm³/mol. The van der Waals surface area contributed by atoms with E-state index in [4.69, 9.17) is 0 Å². The van der Waals surface area contributed by atoms with Crippen molar-refractivity contribution in [3.05, 3.63) is 22.3 Å². The van der Waals surface area contributed by atoms with E-state index < -0.39 is 0 Å². The molecule has 2 rings (SSSR count). The Labute approximate surface area is 101 Å². The van der Waals surface area contributed by atoms with Gasteiger partial charge >= 0.3 is 0 Å². The molecule has 1 aliphatic carbocycles. The van der Waals surface area contributed by atoms with Crippen molar-refractivity contribution in [3.8, 4) is 0 Å². The summed E-state index contributed by atoms with van der Waals surface area (Å²) in [5, 5.41) is 0. The molecule has 1 saturated heterocycles. The number of halogens is 1. The molecular formula is C13H20BrN. The monoisotopic (exact) mass is 269 g/mol. The molecule has 0 aromatic rings. The minimum Gasteiger partial charge on any atom is -0.372 e. The van der Waals surface area contributed by atoms with Crippen LogP contribution in [0.15, 0.2) is 22.3 Å². The lowest BCUT2D eigenvalue weighted by atomic mass is 9.77. The van der Waals surface area contributed by atoms with Crippen LogP contribution in [0.25, 0.3) is 0 Å². The SMILES string of the molecule is CC(C)N1CC(C)(C)C2CC(Br)=CC=C21. The first kappa shape index (κ1) is 11.3. The number of rotatable bonds is 1. The molecule has 0 saturated carbocycles. The van der Waals surface area contributed by atoms with Crippen LogP contribution < -0.4 is 0 Å². The molecule has 1 atom stereocenters. The summed E-state index contributed by atoms with van der Waals surface area (Å²) in [4.78, 5) is 2.56. The van der Waals surface area contributed by atoms with Crippen LogP contribution in [0.4, 0.5) is 0 Å². The Bertz CT molecular complexity index is 325. The van der Waals surface area contributed by atoms with Crippen LogP contribution in [0.1, 0.15) is 34.1 Å². The summed E-state index contributed by atoms with van der Waals surface area (Å²) in [6, 6.07) is 0.616. The lowest BCUT2D eigenvalue weighted by Crippen LogP contribution is -2.29. The Morgan fingerprint density at radius 2 is 2.07 bits per heavy atom. The fraction of sp³-hybridized carbons (Fsp3) is 0.692. The molecule has 0 aromatic carbocycles. The van der Waals surface area contributed by atoms with Crippen LogP contribution in [0, 0.1) is 11.3 Å². The molecular weight excluding hydrogens is 250 g/mol. The van der Waals surface area contributed by atoms with Crippen LogP contribution in [0.2, 0.25) is 0 Å². The van der Waals surface area contributed by atoms with Crippen LogP contribution in [-0.2, 0) is 0 Å². The maximum atomic E-state index is 3.63. The summed E-state index contributed by atoms with van der Waals surface area (Å²) in [5.74, 6) is 0.694. The molecule has 2 heteroatoms. The van der Waals surface area contributed by atoms with E-state index in [1.807, 2.05) is 0 Å². The largest absolute Gasteiger partial charge is 0.372 e. The van der Waals surface area contributed by atoms with E-state index in [1.165, 1.54) is 17.4 Å². The minimum atomic E-state index is 0.406. The number of hydrogen-bond donors (Lipinski definition) is 0. The smallest absolute Gasteiger partial charge is 0.0235 e. The first-order valence-electron chi connectivity index (χ1n) is 5.75. The van der Waals surface area contributed by atoms with Gasteiger partial charge in [0.1, 0.15) is 0 Å². The Hall–Kier alpha value is -0.240. The zero-order chi connectivity index (χ0) is 11.2. The van der Waals surface area contributed by atoms with Crippen molar-refractivity contribution in [3.63, 3.8) is 0 Å². The zero-order valence-corrected chi connectivity index (χ0v) is 11.6. The number of fused-ring (bicyclic) bond motifs is 1. The fourth-order valence-corrected chi connectivity index (χ4v) is 3.21. The highest BCUT2D eigenvalue weighted by Crippen LogP contribution is 2.48. The van der Waals surface area contributed by atoms with E-state index >= 15 is 0 Å². The molecule has 1 unspecified atom stereocenters. The van der Waals surface area contributed by atoms with Gasteiger partial charge in [-0.25, -0.2) is 0 Å². The number of nitrogens with zero attached hydrogens (tertiary/aromatic N) is 1. The zero-order valence-electron chi connectivity index (χ0n) is 10.0. The molecule has 0 amide bonds. The summed E-state index contributed by atoms with van der Waals surface area (Å²) in [7, 11) is 0. The lowest BCUT2D eigenvalue weighted by Gasteiger charge is -2.28. The van der Waals surface area contributed by atoms with E-state index in [1.54, 1.807) is 5.70 Å². The molecule has 2 aliphatic rings. The minimum absolute atomic E-state index is 0.406. The van der Waals surface area contributed by atoms with Crippen LogP contribution in [0.3, 0.4) is 0 Å². The Balaban J connectivity index is 2.35. The quantitative estimate of drug-likeness (QED) is 0.698. The van der Waals surface area contributed by atoms with Gasteiger partial charge in [-0.15, -0.1) is 0 Å². The van der Waals surface area contributed by atoms with Crippen molar-refractivity contribution in [2.24, 2.45) is 11.3 Å². The Kier molecular flexibility index (Phi) is 2.74. The first-order valence-corrected chi connectivity index (χ1v) is 6.54. The van der Waals surface area contributed by atoms with Gasteiger partial charge in [0.2, 0.25) is 0 Å². The maximum Gasteiger partial charge on any atom is 0.0235 e. The van der Waals surface area contributed by atoms with Gasteiger partial charge in [0.25, 0.3) is 0 Å². The molecule has 15 heavy (non-hydrogen) atoms. The molecule has 0 N–H and O–H groups in total. The number of allylic oxidation sites excluding steroid dienone is 4. The van der Waals surface area contributed by atoms with Gasteiger partial charge in [0.05, 0.1) is 0 Å². The summed E-state index contributed by atoms with van der Waals surface area (Å²) in [6.07, 6.45) is 5.68. The van der Waals surface area contributed by atoms with E-state index in [0.717, 1.165) is 0 Å². The van der Waals surface area contributed by atoms with Crippen LogP contribution >= 0.6 is 15.9 Å². The van der Waals surface area contributed by atoms with E-state index in [0.29, 0.717) is 17.4 Å². The number of likely N-dealkylation sites (tertiary alicyclic amines) is 1. The summed E-state index contributed by atoms with van der Waals surface area (Å²) < 4.78 is 1.34. The average molecular weight is 270 g/mol. The third kappa shape index (κ3) is 1.89. The molecule has 1 aliphatic heterocycles. The first-order chi connectivity index (χ1) is 6.92. The average Bonchev–Trinajstić information content (AvgIpc) is 2.39. The third-order valence-electron chi connectivity index (χ3n) is 3.67. The van der Waals surface area contributed by atoms with E-state index in [-0.39, 0.29) is 0 Å². The highest BCUT2D eigenvalue weighted by molar-refractivity contribution is 9.11. The number of hydrogen-bond acceptors (Lipinski definition) is 1. The molecule has 1 heterocycles. The highest BCUT2D eigenvalue weighted by atomic mass is 79.9. The van der Waals surface area contributed by atoms with Gasteiger partial charge in [-0.2, -0.15) is 0 Å². The van der Waals surface area contributed by atoms with Gasteiger partial charge in [0.15, 0.2) is 0 Å². The molecule has 0 bridgehead atoms. The fourth-order valence-electron chi connectivity index (χ4n) is 2.75. The summed E-state index contributed by atoms with van der Waals surface area (Å²) in [5.41, 5.74) is 1.95. The van der Waals surface area contributed by atoms with Gasteiger partial charge in [-0.1, -0.05) is 35.9 Å². The van der Waals surface area contributed by atoms with Crippen molar-refractivity contribution in [2.75, 3.05) is 6.54 Å². The van der Waals surface area contributed by atoms with E-state index in [2.05, 4.69) is 60.7 Å². The summed E-state index contributed by atoms with van der Waals surface area (Å²) >= 11 is 3.63. The van der Waals surface area contributed by atoms with Crippen LogP contribution in [0.5, 0.6) is 0 Å². The Morgan fingerprint density at radius 3 is 2.67 bits per heavy atom. The standard InChI is InChI=1S/C13H20BrN/c1-9(2)15-8-13(3,4)11-7-10(14)5-6-12(11)15/h5-6,9,11H,7-8H2,1-4H3. The molecule has 84 valence electrons. The normalized spacial score (nSPS) is 28.9. The second-order valence-electron chi connectivity index (χ2n) is 5.67. The van der Waals surface area contributed by atoms with Crippen LogP contribution in [-0.4, -0.2) is 17.5 Å². The second-order valence-corrected chi connectivity index (χ2v) is 6.69. The highest BCUT2D eigenvalue weighted by Gasteiger charge is 2.44. The third-order valence-corrected chi connectivity index (χ3v) is 4.26. The van der Waals surface area contributed by atoms with E-state index in [9.17, 15) is 0 Å². The van der Waals surface area contributed by atoms with Gasteiger partial charge < -0.3 is 4.90 Å². The van der Waals surface area contributed by atoms with Crippen molar-refractivity contribution >= 4 is 15.9 Å². The van der Waals surface area contributed by atoms with Gasteiger partial charge in [-0.3, -0.25) is 0 Å². The lowest BCUT2D eigenvalue weighted by molar-refractivity contribution is 0.250. The van der Waals surface area contributed by atoms with Gasteiger partial charge in [-0.05, 0) is 36.2 Å². The predicted octanol–water partition coefficient (Wildman–Crippen LogP) is 3.92. The summed E-state index contributed by atoms with van der Waals surface area (Å²) in [6.45, 7) is 10.5. The maximum absolute atomic E-state index is 3.63. The van der Waals surface area contributed by atoms with Crippen molar-refractivity contribution < 1.29 is 0 Å². The van der Waals surface area contributed by atoms with Crippen molar-refractivity contribution in [1.82, 2.24) is 4.90 Å². The molecule has 0 radical (unpaired) electrons. The van der Waals surface area contributed by atoms with Crippen molar-refractivity contribution in [1.29, 1.82) is 0 Å². The topological polar surface area (TPSA) is 3.24 Å². The molecule has 0 spiro atoms. The molecule has 1 nitrogen and oxygen atoms in total.